The molecule has 1 saturated heterocycles. The zero-order valence-electron chi connectivity index (χ0n) is 13.9. The first kappa shape index (κ1) is 15.4. The summed E-state index contributed by atoms with van der Waals surface area (Å²) in [5.74, 6) is 0.864. The van der Waals surface area contributed by atoms with Crippen LogP contribution in [0.3, 0.4) is 0 Å². The Balaban J connectivity index is 1.57. The van der Waals surface area contributed by atoms with Crippen molar-refractivity contribution < 1.29 is 14.1 Å². The van der Waals surface area contributed by atoms with Gasteiger partial charge in [-0.15, -0.1) is 0 Å². The molecule has 0 unspecified atom stereocenters. The average Bonchev–Trinajstić information content (AvgIpc) is 3.05. The van der Waals surface area contributed by atoms with Crippen LogP contribution in [-0.4, -0.2) is 35.2 Å². The highest BCUT2D eigenvalue weighted by molar-refractivity contribution is 5.94. The molecule has 1 aromatic carbocycles. The number of aromatic nitrogens is 1. The summed E-state index contributed by atoms with van der Waals surface area (Å²) in [4.78, 5) is 14.9. The molecule has 2 heterocycles. The van der Waals surface area contributed by atoms with Crippen molar-refractivity contribution >= 4 is 5.91 Å². The van der Waals surface area contributed by atoms with Gasteiger partial charge in [-0.3, -0.25) is 4.79 Å². The fraction of sp³-hybridized carbons (Fsp3) is 0.474. The lowest BCUT2D eigenvalue weighted by molar-refractivity contribution is -0.0693. The molecule has 1 aliphatic carbocycles. The lowest BCUT2D eigenvalue weighted by Gasteiger charge is -2.36. The second-order valence-corrected chi connectivity index (χ2v) is 6.70. The molecule has 0 spiro atoms. The second kappa shape index (κ2) is 6.40. The molecule has 0 N–H and O–H groups in total. The lowest BCUT2D eigenvalue weighted by Crippen LogP contribution is -2.46. The molecule has 1 aromatic heterocycles. The second-order valence-electron chi connectivity index (χ2n) is 6.70. The molecule has 0 radical (unpaired) electrons. The third-order valence-corrected chi connectivity index (χ3v) is 4.87. The Bertz CT molecular complexity index is 725. The Hall–Kier alpha value is -2.14. The largest absolute Gasteiger partial charge is 0.367 e. The van der Waals surface area contributed by atoms with Gasteiger partial charge in [-0.25, -0.2) is 0 Å². The highest BCUT2D eigenvalue weighted by Crippen LogP contribution is 2.29. The van der Waals surface area contributed by atoms with Gasteiger partial charge in [0.05, 0.1) is 12.6 Å². The summed E-state index contributed by atoms with van der Waals surface area (Å²) in [6.07, 6.45) is 3.89. The number of fused-ring (bicyclic) bond motifs is 1. The van der Waals surface area contributed by atoms with Crippen molar-refractivity contribution in [3.05, 3.63) is 52.9 Å². The number of amides is 1. The molecule has 0 bridgehead atoms. The minimum atomic E-state index is -0.0957. The van der Waals surface area contributed by atoms with Crippen molar-refractivity contribution in [2.75, 3.05) is 13.1 Å². The Kier molecular flexibility index (Phi) is 4.10. The summed E-state index contributed by atoms with van der Waals surface area (Å²) < 4.78 is 11.5. The van der Waals surface area contributed by atoms with Crippen LogP contribution in [0.1, 0.15) is 53.2 Å². The molecule has 2 aliphatic rings. The number of ether oxygens (including phenoxy) is 1. The molecular formula is C19H22N2O3. The predicted octanol–water partition coefficient (Wildman–Crippen LogP) is 3.16. The maximum Gasteiger partial charge on any atom is 0.276 e. The normalized spacial score (nSPS) is 23.8. The van der Waals surface area contributed by atoms with E-state index in [0.29, 0.717) is 18.8 Å². The quantitative estimate of drug-likeness (QED) is 0.851. The maximum atomic E-state index is 13.0. The molecule has 4 rings (SSSR count). The number of benzene rings is 1. The Morgan fingerprint density at radius 1 is 1.17 bits per heavy atom. The van der Waals surface area contributed by atoms with Crippen LogP contribution in [0, 0.1) is 0 Å². The van der Waals surface area contributed by atoms with Crippen LogP contribution in [0.15, 0.2) is 34.9 Å². The highest BCUT2D eigenvalue weighted by Gasteiger charge is 2.33. The van der Waals surface area contributed by atoms with Gasteiger partial charge in [0.25, 0.3) is 5.91 Å². The zero-order valence-corrected chi connectivity index (χ0v) is 13.9. The SMILES string of the molecule is C[C@@H]1CN(C(=O)c2noc3c2CCCC3)C[C@H](c2ccccc2)O1. The number of rotatable bonds is 2. The van der Waals surface area contributed by atoms with E-state index in [-0.39, 0.29) is 18.1 Å². The van der Waals surface area contributed by atoms with Crippen LogP contribution in [0.25, 0.3) is 0 Å². The van der Waals surface area contributed by atoms with E-state index in [0.717, 1.165) is 42.6 Å². The fourth-order valence-corrected chi connectivity index (χ4v) is 3.67. The van der Waals surface area contributed by atoms with Crippen LogP contribution in [-0.2, 0) is 17.6 Å². The van der Waals surface area contributed by atoms with Gasteiger partial charge in [-0.05, 0) is 31.7 Å². The van der Waals surface area contributed by atoms with Crippen LogP contribution in [0.2, 0.25) is 0 Å². The molecule has 2 aromatic rings. The van der Waals surface area contributed by atoms with E-state index in [9.17, 15) is 4.79 Å². The summed E-state index contributed by atoms with van der Waals surface area (Å²) in [6.45, 7) is 3.15. The minimum absolute atomic E-state index is 0.00404. The molecule has 24 heavy (non-hydrogen) atoms. The summed E-state index contributed by atoms with van der Waals surface area (Å²) in [5.41, 5.74) is 2.62. The van der Waals surface area contributed by atoms with Crippen LogP contribution < -0.4 is 0 Å². The first-order valence-electron chi connectivity index (χ1n) is 8.69. The van der Waals surface area contributed by atoms with Gasteiger partial charge in [0.1, 0.15) is 11.9 Å². The van der Waals surface area contributed by atoms with E-state index in [1.165, 1.54) is 0 Å². The smallest absolute Gasteiger partial charge is 0.276 e. The van der Waals surface area contributed by atoms with E-state index in [2.05, 4.69) is 5.16 Å². The molecule has 5 nitrogen and oxygen atoms in total. The maximum absolute atomic E-state index is 13.0. The molecule has 1 aliphatic heterocycles. The van der Waals surface area contributed by atoms with Gasteiger partial charge < -0.3 is 14.2 Å². The molecular weight excluding hydrogens is 304 g/mol. The highest BCUT2D eigenvalue weighted by atomic mass is 16.5. The standard InChI is InChI=1S/C19H22N2O3/c1-13-11-21(12-17(23-13)14-7-3-2-4-8-14)19(22)18-15-9-5-6-10-16(15)24-20-18/h2-4,7-8,13,17H,5-6,9-12H2,1H3/t13-,17-/m1/s1. The van der Waals surface area contributed by atoms with Gasteiger partial charge in [0, 0.05) is 18.5 Å². The van der Waals surface area contributed by atoms with Crippen molar-refractivity contribution in [2.24, 2.45) is 0 Å². The van der Waals surface area contributed by atoms with Gasteiger partial charge in [-0.1, -0.05) is 35.5 Å². The Morgan fingerprint density at radius 2 is 1.96 bits per heavy atom. The van der Waals surface area contributed by atoms with Crippen molar-refractivity contribution in [1.82, 2.24) is 10.1 Å². The molecule has 5 heteroatoms. The number of carbonyl (C=O) groups is 1. The monoisotopic (exact) mass is 326 g/mol. The number of nitrogens with zero attached hydrogens (tertiary/aromatic N) is 2. The van der Waals surface area contributed by atoms with E-state index in [4.69, 9.17) is 9.26 Å². The number of morpholine rings is 1. The van der Waals surface area contributed by atoms with Crippen molar-refractivity contribution in [1.29, 1.82) is 0 Å². The topological polar surface area (TPSA) is 55.6 Å². The van der Waals surface area contributed by atoms with Gasteiger partial charge in [-0.2, -0.15) is 0 Å². The van der Waals surface area contributed by atoms with Gasteiger partial charge >= 0.3 is 0 Å². The first-order chi connectivity index (χ1) is 11.7. The van der Waals surface area contributed by atoms with Crippen molar-refractivity contribution in [3.63, 3.8) is 0 Å². The van der Waals surface area contributed by atoms with Crippen LogP contribution in [0.4, 0.5) is 0 Å². The van der Waals surface area contributed by atoms with E-state index in [1.54, 1.807) is 0 Å². The van der Waals surface area contributed by atoms with E-state index in [1.807, 2.05) is 42.2 Å². The van der Waals surface area contributed by atoms with E-state index < -0.39 is 0 Å². The zero-order chi connectivity index (χ0) is 16.5. The number of hydrogen-bond acceptors (Lipinski definition) is 4. The fourth-order valence-electron chi connectivity index (χ4n) is 3.67. The molecule has 0 saturated carbocycles. The van der Waals surface area contributed by atoms with Crippen LogP contribution >= 0.6 is 0 Å². The molecule has 126 valence electrons. The Morgan fingerprint density at radius 3 is 2.79 bits per heavy atom. The minimum Gasteiger partial charge on any atom is -0.367 e. The summed E-state index contributed by atoms with van der Waals surface area (Å²) in [6, 6.07) is 10.1. The van der Waals surface area contributed by atoms with Crippen molar-refractivity contribution in [3.8, 4) is 0 Å². The third-order valence-electron chi connectivity index (χ3n) is 4.87. The predicted molar refractivity (Wildman–Crippen MR) is 88.8 cm³/mol. The summed E-state index contributed by atoms with van der Waals surface area (Å²) >= 11 is 0. The summed E-state index contributed by atoms with van der Waals surface area (Å²) in [5, 5.41) is 4.09. The number of carbonyl (C=O) groups excluding carboxylic acids is 1. The third kappa shape index (κ3) is 2.84. The first-order valence-corrected chi connectivity index (χ1v) is 8.69. The summed E-state index contributed by atoms with van der Waals surface area (Å²) in [7, 11) is 0. The molecule has 2 atom stereocenters. The van der Waals surface area contributed by atoms with E-state index >= 15 is 0 Å². The van der Waals surface area contributed by atoms with Crippen LogP contribution in [0.5, 0.6) is 0 Å². The number of hydrogen-bond donors (Lipinski definition) is 0. The molecule has 1 fully saturated rings. The van der Waals surface area contributed by atoms with Crippen molar-refractivity contribution in [2.45, 2.75) is 44.8 Å². The molecule has 1 amide bonds. The average molecular weight is 326 g/mol. The van der Waals surface area contributed by atoms with Gasteiger partial charge in [0.2, 0.25) is 0 Å². The van der Waals surface area contributed by atoms with Gasteiger partial charge in [0.15, 0.2) is 5.69 Å². The number of aryl methyl sites for hydroxylation is 1. The Labute approximate surface area is 141 Å². The lowest BCUT2D eigenvalue weighted by atomic mass is 9.96.